The maximum atomic E-state index is 12.4. The van der Waals surface area contributed by atoms with E-state index in [-0.39, 0.29) is 0 Å². The lowest BCUT2D eigenvalue weighted by Crippen LogP contribution is -2.48. The van der Waals surface area contributed by atoms with Gasteiger partial charge in [0.2, 0.25) is 5.91 Å². The standard InChI is InChI=1S/C18H26N2O2/c21-18(7-6-16-8-14-22-15-9-16)20-12-10-19(11-13-20)17-4-2-1-3-5-17/h1-5,16H,6-15H2. The van der Waals surface area contributed by atoms with Crippen LogP contribution in [0.1, 0.15) is 25.7 Å². The van der Waals surface area contributed by atoms with Crippen LogP contribution in [0.25, 0.3) is 0 Å². The number of carbonyl (C=O) groups excluding carboxylic acids is 1. The molecule has 0 spiro atoms. The molecule has 1 amide bonds. The maximum absolute atomic E-state index is 12.4. The van der Waals surface area contributed by atoms with Crippen molar-refractivity contribution in [2.45, 2.75) is 25.7 Å². The fourth-order valence-electron chi connectivity index (χ4n) is 3.37. The van der Waals surface area contributed by atoms with E-state index in [1.807, 2.05) is 11.0 Å². The minimum absolute atomic E-state index is 0.333. The number of rotatable bonds is 4. The van der Waals surface area contributed by atoms with Crippen molar-refractivity contribution >= 4 is 11.6 Å². The molecule has 0 unspecified atom stereocenters. The van der Waals surface area contributed by atoms with Crippen LogP contribution in [0, 0.1) is 5.92 Å². The molecule has 0 aromatic heterocycles. The molecule has 0 bridgehead atoms. The predicted octanol–water partition coefficient (Wildman–Crippen LogP) is 2.54. The van der Waals surface area contributed by atoms with Crippen LogP contribution in [0.2, 0.25) is 0 Å². The normalized spacial score (nSPS) is 20.2. The smallest absolute Gasteiger partial charge is 0.222 e. The molecular formula is C18H26N2O2. The Hall–Kier alpha value is -1.55. The topological polar surface area (TPSA) is 32.8 Å². The Balaban J connectivity index is 1.41. The van der Waals surface area contributed by atoms with E-state index in [2.05, 4.69) is 29.2 Å². The van der Waals surface area contributed by atoms with E-state index in [1.54, 1.807) is 0 Å². The fourth-order valence-corrected chi connectivity index (χ4v) is 3.37. The number of ether oxygens (including phenoxy) is 1. The van der Waals surface area contributed by atoms with E-state index in [4.69, 9.17) is 4.74 Å². The number of nitrogens with zero attached hydrogens (tertiary/aromatic N) is 2. The van der Waals surface area contributed by atoms with E-state index >= 15 is 0 Å². The monoisotopic (exact) mass is 302 g/mol. The Kier molecular flexibility index (Phi) is 5.33. The predicted molar refractivity (Wildman–Crippen MR) is 88.0 cm³/mol. The Labute approximate surface area is 133 Å². The second-order valence-corrected chi connectivity index (χ2v) is 6.30. The van der Waals surface area contributed by atoms with Gasteiger partial charge in [-0.05, 0) is 37.3 Å². The van der Waals surface area contributed by atoms with E-state index in [1.165, 1.54) is 5.69 Å². The molecule has 2 fully saturated rings. The molecule has 2 heterocycles. The Bertz CT molecular complexity index is 463. The summed E-state index contributed by atoms with van der Waals surface area (Å²) in [7, 11) is 0. The average Bonchev–Trinajstić information content (AvgIpc) is 2.61. The third-order valence-electron chi connectivity index (χ3n) is 4.86. The summed E-state index contributed by atoms with van der Waals surface area (Å²) in [4.78, 5) is 16.8. The molecule has 1 aromatic rings. The van der Waals surface area contributed by atoms with Crippen molar-refractivity contribution in [1.82, 2.24) is 4.90 Å². The molecule has 3 rings (SSSR count). The second-order valence-electron chi connectivity index (χ2n) is 6.30. The minimum atomic E-state index is 0.333. The van der Waals surface area contributed by atoms with Gasteiger partial charge in [-0.3, -0.25) is 4.79 Å². The highest BCUT2D eigenvalue weighted by molar-refractivity contribution is 5.76. The van der Waals surface area contributed by atoms with Crippen LogP contribution in [-0.2, 0) is 9.53 Å². The van der Waals surface area contributed by atoms with Crippen molar-refractivity contribution in [2.75, 3.05) is 44.3 Å². The van der Waals surface area contributed by atoms with E-state index < -0.39 is 0 Å². The van der Waals surface area contributed by atoms with Crippen molar-refractivity contribution in [3.63, 3.8) is 0 Å². The maximum Gasteiger partial charge on any atom is 0.222 e. The van der Waals surface area contributed by atoms with Crippen LogP contribution in [-0.4, -0.2) is 50.2 Å². The second kappa shape index (κ2) is 7.63. The molecule has 22 heavy (non-hydrogen) atoms. The van der Waals surface area contributed by atoms with Crippen LogP contribution in [0.4, 0.5) is 5.69 Å². The summed E-state index contributed by atoms with van der Waals surface area (Å²) in [6.07, 6.45) is 3.97. The zero-order valence-electron chi connectivity index (χ0n) is 13.2. The van der Waals surface area contributed by atoms with Crippen LogP contribution in [0.15, 0.2) is 30.3 Å². The fraction of sp³-hybridized carbons (Fsp3) is 0.611. The van der Waals surface area contributed by atoms with Gasteiger partial charge in [-0.1, -0.05) is 18.2 Å². The Morgan fingerprint density at radius 2 is 1.73 bits per heavy atom. The highest BCUT2D eigenvalue weighted by atomic mass is 16.5. The number of amides is 1. The van der Waals surface area contributed by atoms with Crippen molar-refractivity contribution < 1.29 is 9.53 Å². The number of anilines is 1. The molecule has 2 saturated heterocycles. The first-order chi connectivity index (χ1) is 10.8. The van der Waals surface area contributed by atoms with Crippen LogP contribution in [0.3, 0.4) is 0 Å². The van der Waals surface area contributed by atoms with E-state index in [9.17, 15) is 4.79 Å². The summed E-state index contributed by atoms with van der Waals surface area (Å²) < 4.78 is 5.38. The SMILES string of the molecule is O=C(CCC1CCOCC1)N1CCN(c2ccccc2)CC1. The number of piperazine rings is 1. The van der Waals surface area contributed by atoms with Gasteiger partial charge in [0.25, 0.3) is 0 Å². The Morgan fingerprint density at radius 1 is 1.05 bits per heavy atom. The van der Waals surface area contributed by atoms with Crippen molar-refractivity contribution in [2.24, 2.45) is 5.92 Å². The lowest BCUT2D eigenvalue weighted by atomic mass is 9.94. The van der Waals surface area contributed by atoms with Gasteiger partial charge in [-0.15, -0.1) is 0 Å². The number of para-hydroxylation sites is 1. The first-order valence-electron chi connectivity index (χ1n) is 8.48. The van der Waals surface area contributed by atoms with Gasteiger partial charge in [0.1, 0.15) is 0 Å². The molecule has 4 nitrogen and oxygen atoms in total. The van der Waals surface area contributed by atoms with Gasteiger partial charge in [-0.2, -0.15) is 0 Å². The van der Waals surface area contributed by atoms with E-state index in [0.717, 1.165) is 58.7 Å². The van der Waals surface area contributed by atoms with Gasteiger partial charge in [-0.25, -0.2) is 0 Å². The van der Waals surface area contributed by atoms with Crippen molar-refractivity contribution in [3.8, 4) is 0 Å². The molecule has 0 atom stereocenters. The number of hydrogen-bond acceptors (Lipinski definition) is 3. The molecule has 4 heteroatoms. The quantitative estimate of drug-likeness (QED) is 0.857. The summed E-state index contributed by atoms with van der Waals surface area (Å²) >= 11 is 0. The summed E-state index contributed by atoms with van der Waals surface area (Å²) in [6.45, 7) is 5.31. The lowest BCUT2D eigenvalue weighted by molar-refractivity contribution is -0.132. The molecule has 0 radical (unpaired) electrons. The van der Waals surface area contributed by atoms with Crippen molar-refractivity contribution in [3.05, 3.63) is 30.3 Å². The highest BCUT2D eigenvalue weighted by Gasteiger charge is 2.22. The first-order valence-corrected chi connectivity index (χ1v) is 8.48. The largest absolute Gasteiger partial charge is 0.381 e. The summed E-state index contributed by atoms with van der Waals surface area (Å²) in [5.41, 5.74) is 1.26. The van der Waals surface area contributed by atoms with Gasteiger partial charge < -0.3 is 14.5 Å². The summed E-state index contributed by atoms with van der Waals surface area (Å²) in [5, 5.41) is 0. The molecule has 2 aliphatic heterocycles. The molecule has 0 N–H and O–H groups in total. The lowest BCUT2D eigenvalue weighted by Gasteiger charge is -2.36. The van der Waals surface area contributed by atoms with Gasteiger partial charge >= 0.3 is 0 Å². The van der Waals surface area contributed by atoms with Crippen molar-refractivity contribution in [1.29, 1.82) is 0 Å². The van der Waals surface area contributed by atoms with E-state index in [0.29, 0.717) is 18.2 Å². The summed E-state index contributed by atoms with van der Waals surface area (Å²) in [6, 6.07) is 10.5. The van der Waals surface area contributed by atoms with Gasteiger partial charge in [0.05, 0.1) is 0 Å². The van der Waals surface area contributed by atoms with Crippen LogP contribution in [0.5, 0.6) is 0 Å². The molecule has 0 aliphatic carbocycles. The van der Waals surface area contributed by atoms with Gasteiger partial charge in [0.15, 0.2) is 0 Å². The van der Waals surface area contributed by atoms with Crippen LogP contribution < -0.4 is 4.90 Å². The van der Waals surface area contributed by atoms with Gasteiger partial charge in [0, 0.05) is 51.5 Å². The van der Waals surface area contributed by atoms with Crippen LogP contribution >= 0.6 is 0 Å². The number of carbonyl (C=O) groups is 1. The third kappa shape index (κ3) is 4.01. The summed E-state index contributed by atoms with van der Waals surface area (Å²) in [5.74, 6) is 1.02. The zero-order chi connectivity index (χ0) is 15.2. The Morgan fingerprint density at radius 3 is 2.41 bits per heavy atom. The molecule has 1 aromatic carbocycles. The average molecular weight is 302 g/mol. The molecule has 0 saturated carbocycles. The highest BCUT2D eigenvalue weighted by Crippen LogP contribution is 2.21. The molecule has 120 valence electrons. The number of benzene rings is 1. The first kappa shape index (κ1) is 15.3. The molecule has 2 aliphatic rings. The third-order valence-corrected chi connectivity index (χ3v) is 4.86. The molecular weight excluding hydrogens is 276 g/mol. The minimum Gasteiger partial charge on any atom is -0.381 e. The zero-order valence-corrected chi connectivity index (χ0v) is 13.2. The number of hydrogen-bond donors (Lipinski definition) is 0.